The van der Waals surface area contributed by atoms with Gasteiger partial charge in [-0.3, -0.25) is 19.8 Å². The van der Waals surface area contributed by atoms with Crippen LogP contribution in [0.2, 0.25) is 5.02 Å². The summed E-state index contributed by atoms with van der Waals surface area (Å²) < 4.78 is 14.0. The molecule has 0 bridgehead atoms. The van der Waals surface area contributed by atoms with E-state index in [0.717, 1.165) is 0 Å². The van der Waals surface area contributed by atoms with Crippen LogP contribution in [0.1, 0.15) is 22.8 Å². The van der Waals surface area contributed by atoms with Gasteiger partial charge in [-0.25, -0.2) is 4.39 Å². The van der Waals surface area contributed by atoms with Crippen LogP contribution < -0.4 is 4.90 Å². The van der Waals surface area contributed by atoms with Crippen LogP contribution in [-0.4, -0.2) is 41.8 Å². The topological polar surface area (TPSA) is 66.7 Å². The molecule has 2 aromatic carbocycles. The summed E-state index contributed by atoms with van der Waals surface area (Å²) in [6.45, 7) is 4.14. The van der Waals surface area contributed by atoms with Crippen LogP contribution in [0, 0.1) is 15.9 Å². The van der Waals surface area contributed by atoms with E-state index in [4.69, 9.17) is 11.6 Å². The highest BCUT2D eigenvalue weighted by atomic mass is 35.5. The average molecular weight is 392 g/mol. The van der Waals surface area contributed by atoms with Gasteiger partial charge in [0, 0.05) is 54.9 Å². The van der Waals surface area contributed by atoms with Gasteiger partial charge in [0.15, 0.2) is 5.78 Å². The molecule has 1 aliphatic heterocycles. The summed E-state index contributed by atoms with van der Waals surface area (Å²) in [5.74, 6) is -0.545. The second kappa shape index (κ2) is 8.02. The fourth-order valence-electron chi connectivity index (χ4n) is 3.21. The Kier molecular flexibility index (Phi) is 5.72. The van der Waals surface area contributed by atoms with Crippen molar-refractivity contribution < 1.29 is 14.1 Å². The van der Waals surface area contributed by atoms with Gasteiger partial charge in [0.1, 0.15) is 11.5 Å². The lowest BCUT2D eigenvalue weighted by Crippen LogP contribution is -2.46. The Hall–Kier alpha value is -2.51. The Morgan fingerprint density at radius 3 is 2.52 bits per heavy atom. The van der Waals surface area contributed by atoms with Crippen LogP contribution in [0.15, 0.2) is 36.4 Å². The van der Waals surface area contributed by atoms with E-state index in [1.807, 2.05) is 4.90 Å². The van der Waals surface area contributed by atoms with Crippen molar-refractivity contribution in [2.75, 3.05) is 31.1 Å². The fourth-order valence-corrected chi connectivity index (χ4v) is 3.43. The minimum absolute atomic E-state index is 0.0756. The maximum atomic E-state index is 14.0. The molecule has 0 amide bonds. The standard InChI is InChI=1S/C19H19ClFN3O3/c1-13(25)14-5-6-18(19(11-14)24(26)27)23-9-7-22(8-10-23)12-15-16(20)3-2-4-17(15)21/h2-6,11H,7-10,12H2,1H3. The molecule has 0 aliphatic carbocycles. The second-order valence-corrected chi connectivity index (χ2v) is 6.89. The van der Waals surface area contributed by atoms with Gasteiger partial charge in [-0.1, -0.05) is 17.7 Å². The van der Waals surface area contributed by atoms with Crippen LogP contribution in [0.4, 0.5) is 15.8 Å². The Morgan fingerprint density at radius 1 is 1.22 bits per heavy atom. The highest BCUT2D eigenvalue weighted by molar-refractivity contribution is 6.31. The Morgan fingerprint density at radius 2 is 1.93 bits per heavy atom. The van der Waals surface area contributed by atoms with E-state index in [-0.39, 0.29) is 17.3 Å². The third kappa shape index (κ3) is 4.26. The number of nitro groups is 1. The molecule has 0 N–H and O–H groups in total. The molecule has 1 fully saturated rings. The first-order valence-electron chi connectivity index (χ1n) is 8.56. The van der Waals surface area contributed by atoms with Crippen LogP contribution in [0.5, 0.6) is 0 Å². The number of nitro benzene ring substituents is 1. The summed E-state index contributed by atoms with van der Waals surface area (Å²) in [5.41, 5.74) is 1.20. The summed E-state index contributed by atoms with van der Waals surface area (Å²) in [4.78, 5) is 26.4. The average Bonchev–Trinajstić information content (AvgIpc) is 2.65. The summed E-state index contributed by atoms with van der Waals surface area (Å²) in [5, 5.41) is 11.8. The van der Waals surface area contributed by atoms with Gasteiger partial charge in [-0.2, -0.15) is 0 Å². The second-order valence-electron chi connectivity index (χ2n) is 6.48. The molecule has 27 heavy (non-hydrogen) atoms. The lowest BCUT2D eigenvalue weighted by atomic mass is 10.1. The smallest absolute Gasteiger partial charge is 0.293 e. The third-order valence-corrected chi connectivity index (χ3v) is 5.09. The predicted octanol–water partition coefficient (Wildman–Crippen LogP) is 3.91. The molecule has 1 saturated heterocycles. The van der Waals surface area contributed by atoms with E-state index in [1.165, 1.54) is 19.1 Å². The molecule has 6 nitrogen and oxygen atoms in total. The molecule has 2 aromatic rings. The van der Waals surface area contributed by atoms with Gasteiger partial charge in [-0.05, 0) is 31.2 Å². The number of rotatable bonds is 5. The number of Topliss-reactive ketones (excluding diaryl/α,β-unsaturated/α-hetero) is 1. The van der Waals surface area contributed by atoms with Crippen LogP contribution in [-0.2, 0) is 6.54 Å². The van der Waals surface area contributed by atoms with Crippen LogP contribution in [0.3, 0.4) is 0 Å². The van der Waals surface area contributed by atoms with Gasteiger partial charge in [0.25, 0.3) is 5.69 Å². The quantitative estimate of drug-likeness (QED) is 0.439. The molecule has 0 atom stereocenters. The Labute approximate surface area is 161 Å². The number of carbonyl (C=O) groups excluding carboxylic acids is 1. The third-order valence-electron chi connectivity index (χ3n) is 4.74. The number of ketones is 1. The number of carbonyl (C=O) groups is 1. The van der Waals surface area contributed by atoms with Crippen molar-refractivity contribution in [2.24, 2.45) is 0 Å². The number of anilines is 1. The molecule has 1 aliphatic rings. The normalized spacial score (nSPS) is 15.0. The van der Waals surface area contributed by atoms with Crippen LogP contribution in [0.25, 0.3) is 0 Å². The van der Waals surface area contributed by atoms with Crippen LogP contribution >= 0.6 is 11.6 Å². The van der Waals surface area contributed by atoms with Crippen molar-refractivity contribution >= 4 is 28.8 Å². The zero-order chi connectivity index (χ0) is 19.6. The monoisotopic (exact) mass is 391 g/mol. The first-order chi connectivity index (χ1) is 12.9. The molecule has 0 radical (unpaired) electrons. The SMILES string of the molecule is CC(=O)c1ccc(N2CCN(Cc3c(F)cccc3Cl)CC2)c([N+](=O)[O-])c1. The van der Waals surface area contributed by atoms with E-state index in [1.54, 1.807) is 24.3 Å². The summed E-state index contributed by atoms with van der Waals surface area (Å²) in [7, 11) is 0. The number of nitrogens with zero attached hydrogens (tertiary/aromatic N) is 3. The lowest BCUT2D eigenvalue weighted by Gasteiger charge is -2.36. The van der Waals surface area contributed by atoms with Gasteiger partial charge in [0.2, 0.25) is 0 Å². The number of piperazine rings is 1. The van der Waals surface area contributed by atoms with Crippen molar-refractivity contribution in [3.63, 3.8) is 0 Å². The number of benzene rings is 2. The zero-order valence-corrected chi connectivity index (χ0v) is 15.6. The molecular weight excluding hydrogens is 373 g/mol. The van der Waals surface area contributed by atoms with E-state index in [2.05, 4.69) is 4.90 Å². The van der Waals surface area contributed by atoms with Crippen molar-refractivity contribution in [1.29, 1.82) is 0 Å². The number of hydrogen-bond donors (Lipinski definition) is 0. The highest BCUT2D eigenvalue weighted by Gasteiger charge is 2.25. The van der Waals surface area contributed by atoms with Gasteiger partial charge < -0.3 is 4.90 Å². The fraction of sp³-hybridized carbons (Fsp3) is 0.316. The zero-order valence-electron chi connectivity index (χ0n) is 14.8. The number of hydrogen-bond acceptors (Lipinski definition) is 5. The van der Waals surface area contributed by atoms with Gasteiger partial charge in [0.05, 0.1) is 4.92 Å². The highest BCUT2D eigenvalue weighted by Crippen LogP contribution is 2.31. The van der Waals surface area contributed by atoms with Crippen molar-refractivity contribution in [1.82, 2.24) is 4.90 Å². The van der Waals surface area contributed by atoms with Crippen molar-refractivity contribution in [2.45, 2.75) is 13.5 Å². The van der Waals surface area contributed by atoms with Crippen molar-refractivity contribution in [3.8, 4) is 0 Å². The molecule has 0 spiro atoms. The predicted molar refractivity (Wildman–Crippen MR) is 102 cm³/mol. The minimum atomic E-state index is -0.465. The first kappa shape index (κ1) is 19.3. The van der Waals surface area contributed by atoms with E-state index >= 15 is 0 Å². The van der Waals surface area contributed by atoms with E-state index in [0.29, 0.717) is 54.6 Å². The summed E-state index contributed by atoms with van der Waals surface area (Å²) >= 11 is 6.09. The molecule has 3 rings (SSSR count). The maximum absolute atomic E-state index is 14.0. The lowest BCUT2D eigenvalue weighted by molar-refractivity contribution is -0.384. The molecule has 0 saturated carbocycles. The molecule has 8 heteroatoms. The Balaban J connectivity index is 1.72. The van der Waals surface area contributed by atoms with Gasteiger partial charge in [-0.15, -0.1) is 0 Å². The summed E-state index contributed by atoms with van der Waals surface area (Å²) in [6, 6.07) is 9.17. The molecule has 0 aromatic heterocycles. The molecule has 142 valence electrons. The first-order valence-corrected chi connectivity index (χ1v) is 8.94. The van der Waals surface area contributed by atoms with Crippen molar-refractivity contribution in [3.05, 3.63) is 68.5 Å². The molecular formula is C19H19ClFN3O3. The number of halogens is 2. The molecule has 0 unspecified atom stereocenters. The maximum Gasteiger partial charge on any atom is 0.293 e. The van der Waals surface area contributed by atoms with E-state index < -0.39 is 4.92 Å². The minimum Gasteiger partial charge on any atom is -0.363 e. The Bertz CT molecular complexity index is 862. The van der Waals surface area contributed by atoms with Gasteiger partial charge >= 0.3 is 0 Å². The van der Waals surface area contributed by atoms with E-state index in [9.17, 15) is 19.3 Å². The summed E-state index contributed by atoms with van der Waals surface area (Å²) in [6.07, 6.45) is 0. The largest absolute Gasteiger partial charge is 0.363 e. The molecule has 1 heterocycles.